The maximum absolute atomic E-state index is 7.24. The summed E-state index contributed by atoms with van der Waals surface area (Å²) in [5.74, 6) is 1.58. The van der Waals surface area contributed by atoms with Gasteiger partial charge in [0.2, 0.25) is 0 Å². The molecule has 0 saturated heterocycles. The first-order chi connectivity index (χ1) is 5.90. The maximum Gasteiger partial charge on any atom is 0.194 e. The molecule has 0 aromatic heterocycles. The Kier molecular flexibility index (Phi) is 2.25. The van der Waals surface area contributed by atoms with Gasteiger partial charge in [-0.2, -0.15) is 0 Å². The molecule has 0 spiro atoms. The molecule has 1 atom stereocenters. The van der Waals surface area contributed by atoms with E-state index in [1.165, 1.54) is 0 Å². The highest BCUT2D eigenvalue weighted by Crippen LogP contribution is 2.33. The molecule has 0 saturated carbocycles. The van der Waals surface area contributed by atoms with Crippen LogP contribution in [0.5, 0.6) is 11.5 Å². The van der Waals surface area contributed by atoms with Crippen LogP contribution in [0.1, 0.15) is 0 Å². The van der Waals surface area contributed by atoms with Gasteiger partial charge in [-0.05, 0) is 12.1 Å². The molecule has 0 amide bonds. The SMILES string of the molecule is N=IC1COc2ccccc2O1. The third-order valence-corrected chi connectivity index (χ3v) is 2.90. The van der Waals surface area contributed by atoms with Crippen molar-refractivity contribution in [3.63, 3.8) is 0 Å². The third kappa shape index (κ3) is 1.43. The fourth-order valence-electron chi connectivity index (χ4n) is 1.05. The molecule has 12 heavy (non-hydrogen) atoms. The Bertz CT molecular complexity index is 303. The van der Waals surface area contributed by atoms with Crippen LogP contribution in [0, 0.1) is 3.56 Å². The molecule has 2 rings (SSSR count). The van der Waals surface area contributed by atoms with Crippen LogP contribution in [0.15, 0.2) is 24.3 Å². The highest BCUT2D eigenvalue weighted by atomic mass is 127. The van der Waals surface area contributed by atoms with Gasteiger partial charge in [-0.1, -0.05) is 12.1 Å². The third-order valence-electron chi connectivity index (χ3n) is 1.60. The number of alkyl halides is 1. The van der Waals surface area contributed by atoms with Gasteiger partial charge >= 0.3 is 0 Å². The fourth-order valence-corrected chi connectivity index (χ4v) is 1.81. The van der Waals surface area contributed by atoms with Gasteiger partial charge in [0, 0.05) is 21.0 Å². The van der Waals surface area contributed by atoms with Gasteiger partial charge in [-0.25, -0.2) is 0 Å². The molecule has 1 N–H and O–H groups in total. The van der Waals surface area contributed by atoms with Crippen LogP contribution in [0.2, 0.25) is 0 Å². The highest BCUT2D eigenvalue weighted by Gasteiger charge is 2.18. The van der Waals surface area contributed by atoms with Crippen molar-refractivity contribution in [2.45, 2.75) is 4.11 Å². The summed E-state index contributed by atoms with van der Waals surface area (Å²) in [4.78, 5) is 0. The lowest BCUT2D eigenvalue weighted by Gasteiger charge is -2.22. The zero-order chi connectivity index (χ0) is 8.39. The fraction of sp³-hybridized carbons (Fsp3) is 0.250. The normalized spacial score (nSPS) is 20.5. The van der Waals surface area contributed by atoms with Gasteiger partial charge in [0.15, 0.2) is 15.6 Å². The number of benzene rings is 1. The van der Waals surface area contributed by atoms with E-state index in [9.17, 15) is 0 Å². The molecule has 0 aliphatic carbocycles. The number of nitrogens with one attached hydrogen (secondary N) is 1. The Morgan fingerprint density at radius 3 is 2.83 bits per heavy atom. The Balaban J connectivity index is 2.28. The van der Waals surface area contributed by atoms with Crippen molar-refractivity contribution >= 4 is 21.0 Å². The summed E-state index contributed by atoms with van der Waals surface area (Å²) in [5.41, 5.74) is 0. The molecule has 3 nitrogen and oxygen atoms in total. The lowest BCUT2D eigenvalue weighted by atomic mass is 10.3. The van der Waals surface area contributed by atoms with Gasteiger partial charge in [-0.15, -0.1) is 0 Å². The minimum Gasteiger partial charge on any atom is -0.485 e. The van der Waals surface area contributed by atoms with E-state index in [0.29, 0.717) is 6.61 Å². The predicted octanol–water partition coefficient (Wildman–Crippen LogP) is 2.52. The zero-order valence-electron chi connectivity index (χ0n) is 6.29. The second kappa shape index (κ2) is 3.38. The summed E-state index contributed by atoms with van der Waals surface area (Å²) < 4.78 is 18.2. The quantitative estimate of drug-likeness (QED) is 0.633. The Hall–Kier alpha value is -0.650. The van der Waals surface area contributed by atoms with E-state index in [4.69, 9.17) is 13.0 Å². The van der Waals surface area contributed by atoms with Crippen LogP contribution in [0.25, 0.3) is 0 Å². The monoisotopic (exact) mass is 277 g/mol. The lowest BCUT2D eigenvalue weighted by molar-refractivity contribution is 0.159. The molecule has 64 valence electrons. The van der Waals surface area contributed by atoms with E-state index >= 15 is 0 Å². The number of para-hydroxylation sites is 2. The largest absolute Gasteiger partial charge is 0.485 e. The molecule has 1 aliphatic heterocycles. The number of rotatable bonds is 1. The molecular formula is C8H8INO2. The molecular weight excluding hydrogens is 269 g/mol. The summed E-state index contributed by atoms with van der Waals surface area (Å²) in [5, 5.41) is 0. The predicted molar refractivity (Wildman–Crippen MR) is 53.1 cm³/mol. The molecule has 1 unspecified atom stereocenters. The lowest BCUT2D eigenvalue weighted by Crippen LogP contribution is -2.23. The standard InChI is InChI=1S/C8H8INO2/c10-9-8-5-11-6-3-1-2-4-7(6)12-8/h1-4,8,10H,5H2. The van der Waals surface area contributed by atoms with Crippen molar-refractivity contribution in [1.29, 1.82) is 3.56 Å². The topological polar surface area (TPSA) is 42.3 Å². The smallest absolute Gasteiger partial charge is 0.194 e. The molecule has 1 aromatic rings. The van der Waals surface area contributed by atoms with Gasteiger partial charge in [0.25, 0.3) is 0 Å². The molecule has 4 heteroatoms. The van der Waals surface area contributed by atoms with Crippen LogP contribution >= 0.6 is 21.0 Å². The first-order valence-corrected chi connectivity index (χ1v) is 5.90. The number of hydrogen-bond acceptors (Lipinski definition) is 3. The summed E-state index contributed by atoms with van der Waals surface area (Å²) in [6.45, 7) is 0.536. The highest BCUT2D eigenvalue weighted by molar-refractivity contribution is 14.1. The summed E-state index contributed by atoms with van der Waals surface area (Å²) in [6.07, 6.45) is 0. The second-order valence-corrected chi connectivity index (χ2v) is 4.41. The minimum absolute atomic E-state index is 0.00120. The van der Waals surface area contributed by atoms with Gasteiger partial charge in [0.1, 0.15) is 6.61 Å². The maximum atomic E-state index is 7.24. The average Bonchev–Trinajstić information content (AvgIpc) is 2.17. The first-order valence-electron chi connectivity index (χ1n) is 3.58. The molecule has 0 fully saturated rings. The van der Waals surface area contributed by atoms with Crippen LogP contribution in [-0.4, -0.2) is 10.7 Å². The van der Waals surface area contributed by atoms with Crippen LogP contribution in [0.3, 0.4) is 0 Å². The molecule has 1 heterocycles. The number of hydrogen-bond donors (Lipinski definition) is 1. The van der Waals surface area contributed by atoms with Gasteiger partial charge < -0.3 is 9.47 Å². The van der Waals surface area contributed by atoms with E-state index in [2.05, 4.69) is 0 Å². The van der Waals surface area contributed by atoms with Crippen molar-refractivity contribution in [2.75, 3.05) is 6.61 Å². The van der Waals surface area contributed by atoms with Crippen LogP contribution in [-0.2, 0) is 0 Å². The number of halogens is 1. The van der Waals surface area contributed by atoms with Gasteiger partial charge in [-0.3, -0.25) is 3.56 Å². The average molecular weight is 277 g/mol. The van der Waals surface area contributed by atoms with Crippen molar-refractivity contribution in [3.05, 3.63) is 24.3 Å². The second-order valence-electron chi connectivity index (χ2n) is 2.39. The van der Waals surface area contributed by atoms with E-state index in [1.54, 1.807) is 0 Å². The Labute approximate surface area is 80.6 Å². The van der Waals surface area contributed by atoms with Crippen molar-refractivity contribution in [3.8, 4) is 11.5 Å². The first kappa shape index (κ1) is 7.97. The molecule has 0 radical (unpaired) electrons. The minimum atomic E-state index is -0.637. The van der Waals surface area contributed by atoms with Crippen LogP contribution < -0.4 is 9.47 Å². The van der Waals surface area contributed by atoms with E-state index in [1.807, 2.05) is 24.3 Å². The molecule has 1 aromatic carbocycles. The molecule has 1 aliphatic rings. The molecule has 0 bridgehead atoms. The van der Waals surface area contributed by atoms with Crippen molar-refractivity contribution in [1.82, 2.24) is 0 Å². The number of fused-ring (bicyclic) bond motifs is 1. The Morgan fingerprint density at radius 2 is 2.08 bits per heavy atom. The van der Waals surface area contributed by atoms with E-state index in [0.717, 1.165) is 11.5 Å². The number of ether oxygens (including phenoxy) is 2. The zero-order valence-corrected chi connectivity index (χ0v) is 8.45. The summed E-state index contributed by atoms with van der Waals surface area (Å²) >= 11 is -0.637. The van der Waals surface area contributed by atoms with Crippen molar-refractivity contribution in [2.24, 2.45) is 0 Å². The van der Waals surface area contributed by atoms with Crippen molar-refractivity contribution < 1.29 is 9.47 Å². The summed E-state index contributed by atoms with van der Waals surface area (Å²) in [7, 11) is 0. The summed E-state index contributed by atoms with van der Waals surface area (Å²) in [6, 6.07) is 7.58. The van der Waals surface area contributed by atoms with Crippen LogP contribution in [0.4, 0.5) is 0 Å². The van der Waals surface area contributed by atoms with Gasteiger partial charge in [0.05, 0.1) is 0 Å². The van der Waals surface area contributed by atoms with E-state index < -0.39 is 21.0 Å². The van der Waals surface area contributed by atoms with E-state index in [-0.39, 0.29) is 4.11 Å². The Morgan fingerprint density at radius 1 is 1.33 bits per heavy atom.